The molecule has 0 saturated carbocycles. The number of aromatic hydroxyl groups is 1. The van der Waals surface area contributed by atoms with Crippen molar-refractivity contribution in [2.75, 3.05) is 11.9 Å². The molecule has 3 aromatic carbocycles. The summed E-state index contributed by atoms with van der Waals surface area (Å²) in [4.78, 5) is 6.76. The fraction of sp³-hybridized carbons (Fsp3) is 0.174. The molecule has 0 aliphatic carbocycles. The van der Waals surface area contributed by atoms with Gasteiger partial charge in [0.2, 0.25) is 0 Å². The quantitative estimate of drug-likeness (QED) is 0.575. The summed E-state index contributed by atoms with van der Waals surface area (Å²) in [5.74, 6) is 0.342. The molecule has 3 heteroatoms. The molecule has 0 aromatic heterocycles. The van der Waals surface area contributed by atoms with Gasteiger partial charge >= 0.3 is 0 Å². The molecule has 0 aliphatic heterocycles. The van der Waals surface area contributed by atoms with Gasteiger partial charge in [-0.2, -0.15) is 0 Å². The highest BCUT2D eigenvalue weighted by Crippen LogP contribution is 2.42. The first-order chi connectivity index (χ1) is 12.5. The van der Waals surface area contributed by atoms with Gasteiger partial charge in [0.05, 0.1) is 11.4 Å². The third-order valence-corrected chi connectivity index (χ3v) is 4.68. The predicted octanol–water partition coefficient (Wildman–Crippen LogP) is 6.17. The minimum Gasteiger partial charge on any atom is -0.507 e. The molecule has 3 nitrogen and oxygen atoms in total. The van der Waals surface area contributed by atoms with Gasteiger partial charge in [-0.3, -0.25) is 4.99 Å². The molecule has 0 aliphatic rings. The zero-order valence-corrected chi connectivity index (χ0v) is 15.7. The summed E-state index contributed by atoms with van der Waals surface area (Å²) in [6, 6.07) is 20.5. The number of anilines is 2. The van der Waals surface area contributed by atoms with Crippen molar-refractivity contribution < 1.29 is 5.11 Å². The summed E-state index contributed by atoms with van der Waals surface area (Å²) >= 11 is 0. The number of aryl methyl sites for hydroxylation is 1. The highest BCUT2D eigenvalue weighted by molar-refractivity contribution is 5.90. The Morgan fingerprint density at radius 2 is 1.62 bits per heavy atom. The minimum atomic E-state index is 0.342. The first-order valence-corrected chi connectivity index (χ1v) is 8.74. The van der Waals surface area contributed by atoms with Crippen LogP contribution < -0.4 is 4.90 Å². The zero-order chi connectivity index (χ0) is 18.7. The van der Waals surface area contributed by atoms with E-state index in [2.05, 4.69) is 34.2 Å². The largest absolute Gasteiger partial charge is 0.507 e. The Hall–Kier alpha value is -3.07. The average Bonchev–Trinajstić information content (AvgIpc) is 2.67. The van der Waals surface area contributed by atoms with Gasteiger partial charge < -0.3 is 10.0 Å². The first kappa shape index (κ1) is 17.7. The number of hydrogen-bond donors (Lipinski definition) is 1. The molecule has 0 heterocycles. The van der Waals surface area contributed by atoms with Crippen LogP contribution in [0.15, 0.2) is 65.7 Å². The number of aliphatic imine (C=N–C) groups is 1. The van der Waals surface area contributed by atoms with Gasteiger partial charge in [-0.15, -0.1) is 0 Å². The highest BCUT2D eigenvalue weighted by atomic mass is 16.3. The minimum absolute atomic E-state index is 0.342. The summed E-state index contributed by atoms with van der Waals surface area (Å²) in [6.07, 6.45) is 1.82. The Balaban J connectivity index is 2.18. The van der Waals surface area contributed by atoms with Gasteiger partial charge in [-0.1, -0.05) is 48.5 Å². The number of benzene rings is 3. The SMILES string of the molecule is C/C=N\c1c(-c2ccccc2)cccc1N(C)c1ccc(C)c(O)c1C. The fourth-order valence-electron chi connectivity index (χ4n) is 3.24. The van der Waals surface area contributed by atoms with Crippen LogP contribution in [0.25, 0.3) is 11.1 Å². The number of hydrogen-bond acceptors (Lipinski definition) is 3. The first-order valence-electron chi connectivity index (χ1n) is 8.74. The summed E-state index contributed by atoms with van der Waals surface area (Å²) < 4.78 is 0. The average molecular weight is 344 g/mol. The van der Waals surface area contributed by atoms with E-state index in [4.69, 9.17) is 0 Å². The number of rotatable bonds is 4. The van der Waals surface area contributed by atoms with Crippen LogP contribution in [0.5, 0.6) is 5.75 Å². The van der Waals surface area contributed by atoms with E-state index in [-0.39, 0.29) is 0 Å². The Morgan fingerprint density at radius 1 is 0.885 bits per heavy atom. The van der Waals surface area contributed by atoms with E-state index in [0.717, 1.165) is 39.3 Å². The van der Waals surface area contributed by atoms with Crippen molar-refractivity contribution in [3.8, 4) is 16.9 Å². The third kappa shape index (κ3) is 3.21. The molecule has 3 rings (SSSR count). The molecular weight excluding hydrogens is 320 g/mol. The second-order valence-electron chi connectivity index (χ2n) is 6.36. The maximum absolute atomic E-state index is 10.3. The molecule has 1 N–H and O–H groups in total. The lowest BCUT2D eigenvalue weighted by Gasteiger charge is -2.25. The summed E-state index contributed by atoms with van der Waals surface area (Å²) in [7, 11) is 2.01. The van der Waals surface area contributed by atoms with Gasteiger partial charge in [0.15, 0.2) is 0 Å². The molecular formula is C23H24N2O. The molecule has 0 radical (unpaired) electrons. The second kappa shape index (κ2) is 7.44. The normalized spacial score (nSPS) is 11.1. The van der Waals surface area contributed by atoms with Crippen LogP contribution in [0.3, 0.4) is 0 Å². The maximum Gasteiger partial charge on any atom is 0.123 e. The van der Waals surface area contributed by atoms with Crippen LogP contribution in [-0.4, -0.2) is 18.4 Å². The van der Waals surface area contributed by atoms with Gasteiger partial charge in [0.25, 0.3) is 0 Å². The van der Waals surface area contributed by atoms with Gasteiger partial charge in [0.1, 0.15) is 5.75 Å². The molecule has 0 saturated heterocycles. The molecule has 26 heavy (non-hydrogen) atoms. The monoisotopic (exact) mass is 344 g/mol. The van der Waals surface area contributed by atoms with Crippen molar-refractivity contribution in [2.45, 2.75) is 20.8 Å². The molecule has 132 valence electrons. The van der Waals surface area contributed by atoms with Crippen LogP contribution in [0.2, 0.25) is 0 Å². The predicted molar refractivity (Wildman–Crippen MR) is 111 cm³/mol. The van der Waals surface area contributed by atoms with Crippen molar-refractivity contribution in [3.05, 3.63) is 71.8 Å². The Labute approximate surface area is 155 Å². The van der Waals surface area contributed by atoms with E-state index in [9.17, 15) is 5.11 Å². The lowest BCUT2D eigenvalue weighted by Crippen LogP contribution is -2.11. The Kier molecular flexibility index (Phi) is 5.08. The lowest BCUT2D eigenvalue weighted by molar-refractivity contribution is 0.467. The van der Waals surface area contributed by atoms with Crippen molar-refractivity contribution in [1.82, 2.24) is 0 Å². The summed E-state index contributed by atoms with van der Waals surface area (Å²) in [6.45, 7) is 5.78. The van der Waals surface area contributed by atoms with E-state index >= 15 is 0 Å². The van der Waals surface area contributed by atoms with E-state index in [1.165, 1.54) is 0 Å². The van der Waals surface area contributed by atoms with Gasteiger partial charge in [0, 0.05) is 30.1 Å². The van der Waals surface area contributed by atoms with Crippen LogP contribution in [0, 0.1) is 13.8 Å². The fourth-order valence-corrected chi connectivity index (χ4v) is 3.24. The highest BCUT2D eigenvalue weighted by Gasteiger charge is 2.16. The van der Waals surface area contributed by atoms with Crippen molar-refractivity contribution in [2.24, 2.45) is 4.99 Å². The number of phenolic OH excluding ortho intramolecular Hbond substituents is 1. The van der Waals surface area contributed by atoms with Crippen LogP contribution in [0.4, 0.5) is 17.1 Å². The Bertz CT molecular complexity index is 946. The van der Waals surface area contributed by atoms with E-state index in [0.29, 0.717) is 5.75 Å². The van der Waals surface area contributed by atoms with Crippen molar-refractivity contribution in [1.29, 1.82) is 0 Å². The molecule has 0 spiro atoms. The van der Waals surface area contributed by atoms with E-state index in [1.54, 1.807) is 0 Å². The zero-order valence-electron chi connectivity index (χ0n) is 15.7. The van der Waals surface area contributed by atoms with Crippen molar-refractivity contribution in [3.63, 3.8) is 0 Å². The van der Waals surface area contributed by atoms with Crippen LogP contribution >= 0.6 is 0 Å². The molecule has 0 unspecified atom stereocenters. The molecule has 0 amide bonds. The third-order valence-electron chi connectivity index (χ3n) is 4.68. The number of phenols is 1. The molecule has 0 fully saturated rings. The van der Waals surface area contributed by atoms with Crippen LogP contribution in [0.1, 0.15) is 18.1 Å². The lowest BCUT2D eigenvalue weighted by atomic mass is 10.0. The smallest absolute Gasteiger partial charge is 0.123 e. The summed E-state index contributed by atoms with van der Waals surface area (Å²) in [5.41, 5.74) is 6.84. The topological polar surface area (TPSA) is 35.8 Å². The van der Waals surface area contributed by atoms with Gasteiger partial charge in [-0.25, -0.2) is 0 Å². The number of para-hydroxylation sites is 1. The number of nitrogens with zero attached hydrogens (tertiary/aromatic N) is 2. The molecule has 0 atom stereocenters. The standard InChI is InChI=1S/C23H24N2O/c1-5-24-22-19(18-10-7-6-8-11-18)12-9-13-21(22)25(4)20-15-14-16(2)23(26)17(20)3/h5-15,26H,1-4H3/b24-5-. The van der Waals surface area contributed by atoms with Crippen LogP contribution in [-0.2, 0) is 0 Å². The van der Waals surface area contributed by atoms with E-state index in [1.807, 2.05) is 70.4 Å². The molecule has 3 aromatic rings. The Morgan fingerprint density at radius 3 is 2.31 bits per heavy atom. The summed E-state index contributed by atoms with van der Waals surface area (Å²) in [5, 5.41) is 10.3. The van der Waals surface area contributed by atoms with E-state index < -0.39 is 0 Å². The second-order valence-corrected chi connectivity index (χ2v) is 6.36. The maximum atomic E-state index is 10.3. The van der Waals surface area contributed by atoms with Gasteiger partial charge in [-0.05, 0) is 44.0 Å². The molecule has 0 bridgehead atoms. The van der Waals surface area contributed by atoms with Crippen molar-refractivity contribution >= 4 is 23.3 Å².